The number of nitrogens with one attached hydrogen (secondary N) is 1. The first-order valence-corrected chi connectivity index (χ1v) is 9.84. The molecule has 2 aliphatic heterocycles. The number of anilines is 1. The van der Waals surface area contributed by atoms with E-state index >= 15 is 0 Å². The molecule has 1 aromatic carbocycles. The summed E-state index contributed by atoms with van der Waals surface area (Å²) in [4.78, 5) is 29.6. The van der Waals surface area contributed by atoms with E-state index in [9.17, 15) is 4.79 Å². The van der Waals surface area contributed by atoms with Gasteiger partial charge in [0, 0.05) is 48.5 Å². The Morgan fingerprint density at radius 1 is 1.14 bits per heavy atom. The highest BCUT2D eigenvalue weighted by atomic mass is 16.5. The molecule has 5 rings (SSSR count). The van der Waals surface area contributed by atoms with Gasteiger partial charge in [0.05, 0.1) is 18.8 Å². The molecular weight excluding hydrogens is 354 g/mol. The van der Waals surface area contributed by atoms with Gasteiger partial charge in [-0.3, -0.25) is 4.79 Å². The first-order chi connectivity index (χ1) is 13.8. The molecule has 1 atom stereocenters. The summed E-state index contributed by atoms with van der Waals surface area (Å²) in [5, 5.41) is 0.953. The van der Waals surface area contributed by atoms with Crippen LogP contribution in [0.2, 0.25) is 0 Å². The summed E-state index contributed by atoms with van der Waals surface area (Å²) in [6, 6.07) is 9.63. The normalized spacial score (nSPS) is 20.1. The number of fused-ring (bicyclic) bond motifs is 1. The van der Waals surface area contributed by atoms with Crippen LogP contribution < -0.4 is 4.90 Å². The zero-order valence-corrected chi connectivity index (χ0v) is 15.7. The SMILES string of the molecule is O=C(c1cccc2[nH]ccc12)N1CCO[C@H](c2ccnc(N3CCCC3)n2)C1. The highest BCUT2D eigenvalue weighted by Crippen LogP contribution is 2.26. The number of carbonyl (C=O) groups excluding carboxylic acids is 1. The van der Waals surface area contributed by atoms with Gasteiger partial charge in [-0.15, -0.1) is 0 Å². The number of nitrogens with zero attached hydrogens (tertiary/aromatic N) is 4. The predicted molar refractivity (Wildman–Crippen MR) is 106 cm³/mol. The van der Waals surface area contributed by atoms with Crippen molar-refractivity contribution >= 4 is 22.8 Å². The summed E-state index contributed by atoms with van der Waals surface area (Å²) >= 11 is 0. The zero-order valence-electron chi connectivity index (χ0n) is 15.7. The molecule has 2 saturated heterocycles. The molecule has 0 radical (unpaired) electrons. The second kappa shape index (κ2) is 7.24. The van der Waals surface area contributed by atoms with Gasteiger partial charge < -0.3 is 19.5 Å². The van der Waals surface area contributed by atoms with Crippen molar-refractivity contribution in [2.24, 2.45) is 0 Å². The molecule has 2 aromatic heterocycles. The van der Waals surface area contributed by atoms with Gasteiger partial charge in [-0.25, -0.2) is 9.97 Å². The van der Waals surface area contributed by atoms with Crippen molar-refractivity contribution in [1.82, 2.24) is 19.9 Å². The molecular formula is C21H23N5O2. The lowest BCUT2D eigenvalue weighted by molar-refractivity contribution is -0.0246. The van der Waals surface area contributed by atoms with Crippen LogP contribution in [0.25, 0.3) is 10.9 Å². The second-order valence-corrected chi connectivity index (χ2v) is 7.33. The second-order valence-electron chi connectivity index (χ2n) is 7.33. The first-order valence-electron chi connectivity index (χ1n) is 9.84. The lowest BCUT2D eigenvalue weighted by Gasteiger charge is -2.33. The van der Waals surface area contributed by atoms with Gasteiger partial charge in [0.25, 0.3) is 5.91 Å². The van der Waals surface area contributed by atoms with Gasteiger partial charge in [0.15, 0.2) is 0 Å². The molecule has 7 heteroatoms. The minimum atomic E-state index is -0.229. The molecule has 144 valence electrons. The Hall–Kier alpha value is -2.93. The number of aromatic amines is 1. The average molecular weight is 377 g/mol. The van der Waals surface area contributed by atoms with Crippen molar-refractivity contribution in [1.29, 1.82) is 0 Å². The Kier molecular flexibility index (Phi) is 4.44. The van der Waals surface area contributed by atoms with E-state index in [4.69, 9.17) is 9.72 Å². The standard InChI is InChI=1S/C21H23N5O2/c27-20(16-4-3-5-17-15(16)6-8-22-17)26-12-13-28-19(14-26)18-7-9-23-21(24-18)25-10-1-2-11-25/h3-9,19,22H,1-2,10-14H2/t19-/m0/s1. The van der Waals surface area contributed by atoms with Gasteiger partial charge in [0.1, 0.15) is 6.10 Å². The number of ether oxygens (including phenoxy) is 1. The monoisotopic (exact) mass is 377 g/mol. The van der Waals surface area contributed by atoms with Gasteiger partial charge in [-0.05, 0) is 37.1 Å². The number of hydrogen-bond acceptors (Lipinski definition) is 5. The summed E-state index contributed by atoms with van der Waals surface area (Å²) in [6.07, 6.45) is 5.79. The van der Waals surface area contributed by atoms with Crippen LogP contribution in [0.1, 0.15) is 35.0 Å². The van der Waals surface area contributed by atoms with Crippen LogP contribution in [-0.2, 0) is 4.74 Å². The maximum Gasteiger partial charge on any atom is 0.254 e. The average Bonchev–Trinajstić information content (AvgIpc) is 3.45. The molecule has 2 fully saturated rings. The summed E-state index contributed by atoms with van der Waals surface area (Å²) < 4.78 is 5.96. The maximum atomic E-state index is 13.2. The summed E-state index contributed by atoms with van der Waals surface area (Å²) in [5.41, 5.74) is 2.54. The Morgan fingerprint density at radius 2 is 2.04 bits per heavy atom. The molecule has 1 amide bonds. The van der Waals surface area contributed by atoms with Crippen molar-refractivity contribution in [3.63, 3.8) is 0 Å². The van der Waals surface area contributed by atoms with E-state index in [0.29, 0.717) is 19.7 Å². The number of morpholine rings is 1. The van der Waals surface area contributed by atoms with Crippen LogP contribution in [0.3, 0.4) is 0 Å². The lowest BCUT2D eigenvalue weighted by atomic mass is 10.1. The zero-order chi connectivity index (χ0) is 18.9. The quantitative estimate of drug-likeness (QED) is 0.760. The Bertz CT molecular complexity index is 995. The van der Waals surface area contributed by atoms with E-state index in [0.717, 1.165) is 41.2 Å². The number of benzene rings is 1. The maximum absolute atomic E-state index is 13.2. The fourth-order valence-electron chi connectivity index (χ4n) is 4.07. The van der Waals surface area contributed by atoms with Gasteiger partial charge in [-0.1, -0.05) is 6.07 Å². The van der Waals surface area contributed by atoms with Crippen LogP contribution in [0, 0.1) is 0 Å². The van der Waals surface area contributed by atoms with Crippen LogP contribution >= 0.6 is 0 Å². The van der Waals surface area contributed by atoms with Crippen molar-refractivity contribution in [2.75, 3.05) is 37.7 Å². The molecule has 0 spiro atoms. The number of rotatable bonds is 3. The molecule has 0 aliphatic carbocycles. The van der Waals surface area contributed by atoms with Crippen molar-refractivity contribution < 1.29 is 9.53 Å². The first kappa shape index (κ1) is 17.2. The number of amides is 1. The topological polar surface area (TPSA) is 74.3 Å². The number of carbonyl (C=O) groups is 1. The Morgan fingerprint density at radius 3 is 2.93 bits per heavy atom. The van der Waals surface area contributed by atoms with E-state index in [2.05, 4.69) is 14.9 Å². The Balaban J connectivity index is 1.37. The van der Waals surface area contributed by atoms with E-state index in [1.54, 1.807) is 6.20 Å². The van der Waals surface area contributed by atoms with Crippen molar-refractivity contribution in [3.8, 4) is 0 Å². The van der Waals surface area contributed by atoms with Gasteiger partial charge >= 0.3 is 0 Å². The van der Waals surface area contributed by atoms with Gasteiger partial charge in [-0.2, -0.15) is 0 Å². The molecule has 1 N–H and O–H groups in total. The third kappa shape index (κ3) is 3.11. The molecule has 2 aliphatic rings. The highest BCUT2D eigenvalue weighted by molar-refractivity contribution is 6.06. The number of H-pyrrole nitrogens is 1. The molecule has 4 heterocycles. The summed E-state index contributed by atoms with van der Waals surface area (Å²) in [5.74, 6) is 0.798. The van der Waals surface area contributed by atoms with Crippen LogP contribution in [0.5, 0.6) is 0 Å². The largest absolute Gasteiger partial charge is 0.368 e. The minimum Gasteiger partial charge on any atom is -0.368 e. The van der Waals surface area contributed by atoms with E-state index in [-0.39, 0.29) is 12.0 Å². The lowest BCUT2D eigenvalue weighted by Crippen LogP contribution is -2.42. The number of aromatic nitrogens is 3. The summed E-state index contributed by atoms with van der Waals surface area (Å²) in [6.45, 7) is 3.58. The van der Waals surface area contributed by atoms with Crippen LogP contribution in [0.15, 0.2) is 42.7 Å². The third-order valence-corrected chi connectivity index (χ3v) is 5.56. The van der Waals surface area contributed by atoms with Crippen LogP contribution in [-0.4, -0.2) is 58.5 Å². The van der Waals surface area contributed by atoms with E-state index < -0.39 is 0 Å². The summed E-state index contributed by atoms with van der Waals surface area (Å²) in [7, 11) is 0. The fraction of sp³-hybridized carbons (Fsp3) is 0.381. The molecule has 0 saturated carbocycles. The van der Waals surface area contributed by atoms with E-state index in [1.165, 1.54) is 12.8 Å². The molecule has 0 bridgehead atoms. The van der Waals surface area contributed by atoms with Crippen molar-refractivity contribution in [3.05, 3.63) is 54.0 Å². The van der Waals surface area contributed by atoms with E-state index in [1.807, 2.05) is 41.4 Å². The van der Waals surface area contributed by atoms with Crippen molar-refractivity contribution in [2.45, 2.75) is 18.9 Å². The third-order valence-electron chi connectivity index (χ3n) is 5.56. The minimum absolute atomic E-state index is 0.0346. The highest BCUT2D eigenvalue weighted by Gasteiger charge is 2.28. The Labute approximate surface area is 163 Å². The predicted octanol–water partition coefficient (Wildman–Crippen LogP) is 2.77. The molecule has 3 aromatic rings. The fourth-order valence-corrected chi connectivity index (χ4v) is 4.07. The van der Waals surface area contributed by atoms with Gasteiger partial charge in [0.2, 0.25) is 5.95 Å². The van der Waals surface area contributed by atoms with Crippen LogP contribution in [0.4, 0.5) is 5.95 Å². The molecule has 0 unspecified atom stereocenters. The molecule has 28 heavy (non-hydrogen) atoms. The smallest absolute Gasteiger partial charge is 0.254 e. The number of hydrogen-bond donors (Lipinski definition) is 1. The molecule has 7 nitrogen and oxygen atoms in total.